The van der Waals surface area contributed by atoms with Crippen LogP contribution in [-0.2, 0) is 0 Å². The van der Waals surface area contributed by atoms with E-state index in [-0.39, 0.29) is 24.8 Å². The van der Waals surface area contributed by atoms with Crippen LogP contribution < -0.4 is 5.73 Å². The van der Waals surface area contributed by atoms with Crippen molar-refractivity contribution in [1.82, 2.24) is 4.90 Å². The van der Waals surface area contributed by atoms with Gasteiger partial charge in [0.1, 0.15) is 0 Å². The first-order valence-corrected chi connectivity index (χ1v) is 4.97. The zero-order valence-electron chi connectivity index (χ0n) is 7.97. The molecule has 0 aromatic heterocycles. The molecule has 3 nitrogen and oxygen atoms in total. The number of halogens is 2. The molecular weight excluding hydrogens is 188 g/mol. The van der Waals surface area contributed by atoms with Crippen LogP contribution in [0.15, 0.2) is 0 Å². The van der Waals surface area contributed by atoms with Crippen LogP contribution in [0.25, 0.3) is 0 Å². The van der Waals surface area contributed by atoms with Crippen LogP contribution in [0.1, 0.15) is 19.3 Å². The highest BCUT2D eigenvalue weighted by atomic mass is 19.3. The van der Waals surface area contributed by atoms with Gasteiger partial charge in [0.05, 0.1) is 0 Å². The van der Waals surface area contributed by atoms with E-state index in [2.05, 4.69) is 0 Å². The molecule has 0 unspecified atom stereocenters. The van der Waals surface area contributed by atoms with Gasteiger partial charge in [-0.15, -0.1) is 0 Å². The number of nitrogens with zero attached hydrogens (tertiary/aromatic N) is 1. The van der Waals surface area contributed by atoms with E-state index in [0.29, 0.717) is 13.0 Å². The Labute approximate surface area is 81.8 Å². The summed E-state index contributed by atoms with van der Waals surface area (Å²) in [5.41, 5.74) is 5.30. The molecule has 1 saturated heterocycles. The Bertz CT molecular complexity index is 254. The minimum atomic E-state index is -2.55. The molecule has 2 atom stereocenters. The maximum atomic E-state index is 13.5. The Morgan fingerprint density at radius 2 is 2.14 bits per heavy atom. The summed E-state index contributed by atoms with van der Waals surface area (Å²) in [6.07, 6.45) is 1.45. The molecule has 0 bridgehead atoms. The van der Waals surface area contributed by atoms with Crippen LogP contribution in [0.3, 0.4) is 0 Å². The van der Waals surface area contributed by atoms with Gasteiger partial charge in [0.2, 0.25) is 0 Å². The van der Waals surface area contributed by atoms with E-state index in [1.807, 2.05) is 0 Å². The Morgan fingerprint density at radius 3 is 2.71 bits per heavy atom. The van der Waals surface area contributed by atoms with Crippen molar-refractivity contribution in [3.63, 3.8) is 0 Å². The average Bonchev–Trinajstić information content (AvgIpc) is 2.48. The van der Waals surface area contributed by atoms with Crippen LogP contribution in [-0.4, -0.2) is 29.9 Å². The molecule has 1 saturated carbocycles. The number of nitrogens with one attached hydrogen (secondary N) is 1. The summed E-state index contributed by atoms with van der Waals surface area (Å²) in [6.45, 7) is 0.794. The van der Waals surface area contributed by atoms with Gasteiger partial charge in [-0.3, -0.25) is 5.41 Å². The molecule has 1 aliphatic carbocycles. The normalized spacial score (nSPS) is 35.4. The summed E-state index contributed by atoms with van der Waals surface area (Å²) in [5, 5.41) is 7.23. The lowest BCUT2D eigenvalue weighted by molar-refractivity contribution is -0.0940. The van der Waals surface area contributed by atoms with Crippen molar-refractivity contribution in [2.45, 2.75) is 25.2 Å². The van der Waals surface area contributed by atoms with Gasteiger partial charge in [0.15, 0.2) is 5.96 Å². The van der Waals surface area contributed by atoms with Crippen molar-refractivity contribution in [2.75, 3.05) is 13.1 Å². The lowest BCUT2D eigenvalue weighted by atomic mass is 9.79. The molecule has 2 fully saturated rings. The van der Waals surface area contributed by atoms with E-state index in [9.17, 15) is 8.78 Å². The van der Waals surface area contributed by atoms with E-state index in [4.69, 9.17) is 11.1 Å². The molecule has 0 amide bonds. The molecule has 1 heterocycles. The summed E-state index contributed by atoms with van der Waals surface area (Å²) >= 11 is 0. The zero-order chi connectivity index (χ0) is 10.3. The van der Waals surface area contributed by atoms with Gasteiger partial charge < -0.3 is 10.6 Å². The van der Waals surface area contributed by atoms with Crippen molar-refractivity contribution in [3.05, 3.63) is 0 Å². The molecule has 0 aromatic carbocycles. The maximum Gasteiger partial charge on any atom is 0.252 e. The quantitative estimate of drug-likeness (QED) is 0.460. The van der Waals surface area contributed by atoms with Crippen LogP contribution in [0.4, 0.5) is 8.78 Å². The summed E-state index contributed by atoms with van der Waals surface area (Å²) < 4.78 is 26.9. The van der Waals surface area contributed by atoms with Crippen molar-refractivity contribution >= 4 is 5.96 Å². The zero-order valence-corrected chi connectivity index (χ0v) is 7.97. The second kappa shape index (κ2) is 3.07. The third-order valence-corrected chi connectivity index (χ3v) is 3.41. The first-order chi connectivity index (χ1) is 6.50. The number of guanidine groups is 1. The Hall–Kier alpha value is -0.870. The Kier molecular flexibility index (Phi) is 2.12. The molecule has 14 heavy (non-hydrogen) atoms. The number of hydrogen-bond donors (Lipinski definition) is 2. The van der Waals surface area contributed by atoms with Crippen LogP contribution in [0.5, 0.6) is 0 Å². The van der Waals surface area contributed by atoms with E-state index in [1.165, 1.54) is 0 Å². The monoisotopic (exact) mass is 203 g/mol. The topological polar surface area (TPSA) is 53.1 Å². The van der Waals surface area contributed by atoms with Gasteiger partial charge in [-0.2, -0.15) is 0 Å². The van der Waals surface area contributed by atoms with Crippen molar-refractivity contribution in [1.29, 1.82) is 5.41 Å². The number of fused-ring (bicyclic) bond motifs is 1. The predicted molar refractivity (Wildman–Crippen MR) is 49.3 cm³/mol. The minimum Gasteiger partial charge on any atom is -0.370 e. The van der Waals surface area contributed by atoms with Gasteiger partial charge in [0, 0.05) is 25.4 Å². The van der Waals surface area contributed by atoms with E-state index in [0.717, 1.165) is 6.42 Å². The fourth-order valence-electron chi connectivity index (χ4n) is 2.62. The second-order valence-corrected chi connectivity index (χ2v) is 4.31. The highest BCUT2D eigenvalue weighted by molar-refractivity contribution is 5.74. The smallest absolute Gasteiger partial charge is 0.252 e. The van der Waals surface area contributed by atoms with E-state index in [1.54, 1.807) is 4.90 Å². The van der Waals surface area contributed by atoms with Crippen LogP contribution in [0.2, 0.25) is 0 Å². The number of alkyl halides is 2. The highest BCUT2D eigenvalue weighted by Gasteiger charge is 2.51. The lowest BCUT2D eigenvalue weighted by Crippen LogP contribution is -2.38. The molecule has 0 spiro atoms. The molecule has 0 aromatic rings. The van der Waals surface area contributed by atoms with Crippen LogP contribution in [0, 0.1) is 17.2 Å². The average molecular weight is 203 g/mol. The van der Waals surface area contributed by atoms with Crippen molar-refractivity contribution in [3.8, 4) is 0 Å². The maximum absolute atomic E-state index is 13.5. The first kappa shape index (κ1) is 9.68. The molecule has 5 heteroatoms. The molecule has 2 rings (SSSR count). The Balaban J connectivity index is 2.12. The third kappa shape index (κ3) is 1.44. The number of rotatable bonds is 0. The summed E-state index contributed by atoms with van der Waals surface area (Å²) in [6, 6.07) is 0. The van der Waals surface area contributed by atoms with Gasteiger partial charge in [-0.1, -0.05) is 0 Å². The largest absolute Gasteiger partial charge is 0.370 e. The molecular formula is C9H15F2N3. The minimum absolute atomic E-state index is 0.0000879. The number of hydrogen-bond acceptors (Lipinski definition) is 1. The SMILES string of the molecule is N=C(N)N1C[C@@H]2CCCC(F)(F)[C@H]2C1. The summed E-state index contributed by atoms with van der Waals surface area (Å²) in [4.78, 5) is 1.56. The third-order valence-electron chi connectivity index (χ3n) is 3.41. The number of likely N-dealkylation sites (tertiary alicyclic amines) is 1. The summed E-state index contributed by atoms with van der Waals surface area (Å²) in [5.74, 6) is -3.18. The highest BCUT2D eigenvalue weighted by Crippen LogP contribution is 2.45. The van der Waals surface area contributed by atoms with Crippen LogP contribution >= 0.6 is 0 Å². The van der Waals surface area contributed by atoms with Gasteiger partial charge in [0.25, 0.3) is 5.92 Å². The van der Waals surface area contributed by atoms with E-state index < -0.39 is 11.8 Å². The van der Waals surface area contributed by atoms with Crippen molar-refractivity contribution in [2.24, 2.45) is 17.6 Å². The van der Waals surface area contributed by atoms with E-state index >= 15 is 0 Å². The fourth-order valence-corrected chi connectivity index (χ4v) is 2.62. The molecule has 3 N–H and O–H groups in total. The predicted octanol–water partition coefficient (Wildman–Crippen LogP) is 1.25. The second-order valence-electron chi connectivity index (χ2n) is 4.31. The molecule has 80 valence electrons. The van der Waals surface area contributed by atoms with Gasteiger partial charge in [-0.05, 0) is 18.8 Å². The fraction of sp³-hybridized carbons (Fsp3) is 0.889. The lowest BCUT2D eigenvalue weighted by Gasteiger charge is -2.32. The number of nitrogens with two attached hydrogens (primary N) is 1. The summed E-state index contributed by atoms with van der Waals surface area (Å²) in [7, 11) is 0. The molecule has 2 aliphatic rings. The molecule has 0 radical (unpaired) electrons. The van der Waals surface area contributed by atoms with Crippen molar-refractivity contribution < 1.29 is 8.78 Å². The molecule has 1 aliphatic heterocycles. The Morgan fingerprint density at radius 1 is 1.43 bits per heavy atom. The standard InChI is InChI=1S/C9H15F2N3/c10-9(11)3-1-2-6-4-14(8(12)13)5-7(6)9/h6-7H,1-5H2,(H3,12,13)/t6-,7-/m0/s1. The first-order valence-electron chi connectivity index (χ1n) is 4.97. The van der Waals surface area contributed by atoms with Gasteiger partial charge in [-0.25, -0.2) is 8.78 Å². The van der Waals surface area contributed by atoms with Gasteiger partial charge >= 0.3 is 0 Å².